The molecule has 0 aliphatic heterocycles. The van der Waals surface area contributed by atoms with Gasteiger partial charge in [-0.15, -0.1) is 0 Å². The molecular formula is C19H21ClN4O4S. The van der Waals surface area contributed by atoms with Gasteiger partial charge >= 0.3 is 5.97 Å². The van der Waals surface area contributed by atoms with Crippen molar-refractivity contribution in [3.63, 3.8) is 0 Å². The number of benzene rings is 1. The van der Waals surface area contributed by atoms with E-state index >= 15 is 0 Å². The van der Waals surface area contributed by atoms with Gasteiger partial charge in [-0.1, -0.05) is 24.9 Å². The molecular weight excluding hydrogens is 416 g/mol. The van der Waals surface area contributed by atoms with E-state index in [1.807, 2.05) is 6.20 Å². The summed E-state index contributed by atoms with van der Waals surface area (Å²) in [6.45, 7) is 2.17. The van der Waals surface area contributed by atoms with Crippen LogP contribution in [-0.4, -0.2) is 40.2 Å². The second-order valence-corrected chi connectivity index (χ2v) is 9.02. The Hall–Kier alpha value is -2.65. The summed E-state index contributed by atoms with van der Waals surface area (Å²) < 4.78 is 32.9. The van der Waals surface area contributed by atoms with Gasteiger partial charge < -0.3 is 4.74 Å². The van der Waals surface area contributed by atoms with Crippen molar-refractivity contribution in [1.82, 2.24) is 19.6 Å². The number of aryl methyl sites for hydroxylation is 2. The summed E-state index contributed by atoms with van der Waals surface area (Å²) in [5, 5.41) is 8.24. The normalized spacial score (nSPS) is 11.6. The Kier molecular flexibility index (Phi) is 6.09. The topological polar surface area (TPSA) is 96.1 Å². The van der Waals surface area contributed by atoms with Gasteiger partial charge in [-0.25, -0.2) is 17.9 Å². The van der Waals surface area contributed by atoms with E-state index in [9.17, 15) is 13.2 Å². The van der Waals surface area contributed by atoms with Gasteiger partial charge in [0.25, 0.3) is 0 Å². The quantitative estimate of drug-likeness (QED) is 0.528. The van der Waals surface area contributed by atoms with E-state index in [1.165, 1.54) is 29.1 Å². The summed E-state index contributed by atoms with van der Waals surface area (Å²) in [7, 11) is -1.94. The van der Waals surface area contributed by atoms with Gasteiger partial charge in [0.1, 0.15) is 0 Å². The predicted octanol–water partition coefficient (Wildman–Crippen LogP) is 2.89. The van der Waals surface area contributed by atoms with E-state index in [2.05, 4.69) is 17.1 Å². The number of carbonyl (C=O) groups is 1. The minimum absolute atomic E-state index is 0.0210. The fourth-order valence-electron chi connectivity index (χ4n) is 2.94. The molecule has 0 saturated heterocycles. The molecule has 2 aromatic heterocycles. The molecule has 0 atom stereocenters. The largest absolute Gasteiger partial charge is 0.404 e. The minimum atomic E-state index is -3.57. The van der Waals surface area contributed by atoms with Crippen LogP contribution in [0, 0.1) is 0 Å². The Morgan fingerprint density at radius 3 is 2.62 bits per heavy atom. The first-order valence-corrected chi connectivity index (χ1v) is 11.2. The fourth-order valence-corrected chi connectivity index (χ4v) is 4.23. The zero-order valence-electron chi connectivity index (χ0n) is 16.3. The van der Waals surface area contributed by atoms with Crippen LogP contribution in [0.1, 0.15) is 34.8 Å². The van der Waals surface area contributed by atoms with Gasteiger partial charge in [0, 0.05) is 31.1 Å². The molecule has 0 aliphatic carbocycles. The average Bonchev–Trinajstić information content (AvgIpc) is 3.25. The number of esters is 1. The summed E-state index contributed by atoms with van der Waals surface area (Å²) in [4.78, 5) is 12.7. The summed E-state index contributed by atoms with van der Waals surface area (Å²) in [5.41, 5.74) is 1.40. The SMILES string of the molecule is CCCc1cnn(Cc2c(S(C)(=O)=O)ccc(C(=O)Oc3ccnn3C)c2Cl)c1. The maximum absolute atomic E-state index is 12.6. The lowest BCUT2D eigenvalue weighted by atomic mass is 10.1. The van der Waals surface area contributed by atoms with E-state index < -0.39 is 15.8 Å². The number of halogens is 1. The molecule has 3 aromatic rings. The van der Waals surface area contributed by atoms with Crippen molar-refractivity contribution in [2.45, 2.75) is 31.2 Å². The van der Waals surface area contributed by atoms with Gasteiger partial charge in [0.05, 0.1) is 34.4 Å². The van der Waals surface area contributed by atoms with Crippen molar-refractivity contribution in [2.75, 3.05) is 6.26 Å². The van der Waals surface area contributed by atoms with E-state index in [0.29, 0.717) is 5.56 Å². The molecule has 1 aromatic carbocycles. The summed E-state index contributed by atoms with van der Waals surface area (Å²) >= 11 is 6.48. The third-order valence-corrected chi connectivity index (χ3v) is 5.95. The van der Waals surface area contributed by atoms with Crippen LogP contribution < -0.4 is 4.74 Å². The Balaban J connectivity index is 2.00. The van der Waals surface area contributed by atoms with Crippen molar-refractivity contribution < 1.29 is 17.9 Å². The summed E-state index contributed by atoms with van der Waals surface area (Å²) in [6.07, 6.45) is 8.00. The molecule has 2 heterocycles. The Morgan fingerprint density at radius 2 is 2.00 bits per heavy atom. The molecule has 154 valence electrons. The van der Waals surface area contributed by atoms with Crippen LogP contribution in [0.3, 0.4) is 0 Å². The van der Waals surface area contributed by atoms with Crippen molar-refractivity contribution in [3.8, 4) is 5.88 Å². The van der Waals surface area contributed by atoms with E-state index in [-0.39, 0.29) is 27.9 Å². The van der Waals surface area contributed by atoms with Gasteiger partial charge in [0.15, 0.2) is 9.84 Å². The van der Waals surface area contributed by atoms with Gasteiger partial charge in [-0.2, -0.15) is 10.2 Å². The van der Waals surface area contributed by atoms with Crippen LogP contribution in [0.4, 0.5) is 0 Å². The number of rotatable bonds is 7. The monoisotopic (exact) mass is 436 g/mol. The zero-order chi connectivity index (χ0) is 21.2. The number of hydrogen-bond donors (Lipinski definition) is 0. The van der Waals surface area contributed by atoms with Crippen LogP contribution in [0.15, 0.2) is 41.7 Å². The van der Waals surface area contributed by atoms with E-state index in [4.69, 9.17) is 16.3 Å². The Morgan fingerprint density at radius 1 is 1.24 bits per heavy atom. The molecule has 0 saturated carbocycles. The molecule has 10 heteroatoms. The number of hydrogen-bond acceptors (Lipinski definition) is 6. The highest BCUT2D eigenvalue weighted by Gasteiger charge is 2.24. The molecule has 0 fully saturated rings. The first-order chi connectivity index (χ1) is 13.7. The van der Waals surface area contributed by atoms with Crippen LogP contribution in [0.2, 0.25) is 5.02 Å². The molecule has 29 heavy (non-hydrogen) atoms. The molecule has 0 radical (unpaired) electrons. The first-order valence-electron chi connectivity index (χ1n) is 8.93. The summed E-state index contributed by atoms with van der Waals surface area (Å²) in [6, 6.07) is 4.26. The van der Waals surface area contributed by atoms with Crippen molar-refractivity contribution in [2.24, 2.45) is 7.05 Å². The van der Waals surface area contributed by atoms with Crippen molar-refractivity contribution in [1.29, 1.82) is 0 Å². The van der Waals surface area contributed by atoms with Crippen LogP contribution >= 0.6 is 11.6 Å². The maximum atomic E-state index is 12.6. The minimum Gasteiger partial charge on any atom is -0.404 e. The first kappa shape index (κ1) is 21.1. The second kappa shape index (κ2) is 8.38. The van der Waals surface area contributed by atoms with Crippen LogP contribution in [0.5, 0.6) is 5.88 Å². The molecule has 0 unspecified atom stereocenters. The highest BCUT2D eigenvalue weighted by Crippen LogP contribution is 2.30. The number of sulfone groups is 1. The van der Waals surface area contributed by atoms with Crippen LogP contribution in [-0.2, 0) is 29.9 Å². The molecule has 0 aliphatic rings. The third-order valence-electron chi connectivity index (χ3n) is 4.34. The zero-order valence-corrected chi connectivity index (χ0v) is 17.9. The van der Waals surface area contributed by atoms with Crippen molar-refractivity contribution >= 4 is 27.4 Å². The number of nitrogens with zero attached hydrogens (tertiary/aromatic N) is 4. The van der Waals surface area contributed by atoms with Crippen molar-refractivity contribution in [3.05, 3.63) is 58.5 Å². The smallest absolute Gasteiger partial charge is 0.346 e. The van der Waals surface area contributed by atoms with Crippen LogP contribution in [0.25, 0.3) is 0 Å². The standard InChI is InChI=1S/C19H21ClN4O4S/c1-4-5-13-10-22-24(11-13)12-15-16(29(3,26)27)7-6-14(18(15)20)19(25)28-17-8-9-21-23(17)2/h6-11H,4-5,12H2,1-3H3. The molecule has 8 nitrogen and oxygen atoms in total. The fraction of sp³-hybridized carbons (Fsp3) is 0.316. The highest BCUT2D eigenvalue weighted by molar-refractivity contribution is 7.90. The molecule has 0 N–H and O–H groups in total. The number of ether oxygens (including phenoxy) is 1. The molecule has 3 rings (SSSR count). The van der Waals surface area contributed by atoms with Gasteiger partial charge in [-0.3, -0.25) is 4.68 Å². The van der Waals surface area contributed by atoms with E-state index in [1.54, 1.807) is 17.9 Å². The van der Waals surface area contributed by atoms with Gasteiger partial charge in [-0.05, 0) is 24.1 Å². The molecule has 0 bridgehead atoms. The Bertz CT molecular complexity index is 1150. The molecule has 0 amide bonds. The Labute approximate surface area is 174 Å². The maximum Gasteiger partial charge on any atom is 0.346 e. The van der Waals surface area contributed by atoms with Gasteiger partial charge in [0.2, 0.25) is 5.88 Å². The number of carbonyl (C=O) groups excluding carboxylic acids is 1. The predicted molar refractivity (Wildman–Crippen MR) is 108 cm³/mol. The molecule has 0 spiro atoms. The lowest BCUT2D eigenvalue weighted by Crippen LogP contribution is -2.15. The average molecular weight is 437 g/mol. The lowest BCUT2D eigenvalue weighted by Gasteiger charge is -2.14. The third kappa shape index (κ3) is 4.68. The highest BCUT2D eigenvalue weighted by atomic mass is 35.5. The van der Waals surface area contributed by atoms with E-state index in [0.717, 1.165) is 24.7 Å². The summed E-state index contributed by atoms with van der Waals surface area (Å²) in [5.74, 6) is -0.455. The lowest BCUT2D eigenvalue weighted by molar-refractivity contribution is 0.0720. The second-order valence-electron chi connectivity index (χ2n) is 6.65. The number of aromatic nitrogens is 4.